The lowest BCUT2D eigenvalue weighted by atomic mass is 10.2. The topological polar surface area (TPSA) is 24.4 Å². The van der Waals surface area contributed by atoms with Crippen LogP contribution in [0, 0.1) is 6.92 Å². The van der Waals surface area contributed by atoms with Gasteiger partial charge in [0.25, 0.3) is 0 Å². The van der Waals surface area contributed by atoms with Crippen LogP contribution >= 0.6 is 24.0 Å². The van der Waals surface area contributed by atoms with E-state index in [1.165, 1.54) is 10.5 Å². The Labute approximate surface area is 151 Å². The zero-order valence-electron chi connectivity index (χ0n) is 13.2. The van der Waals surface area contributed by atoms with E-state index in [9.17, 15) is 0 Å². The number of aliphatic imine (C=N–C) groups is 1. The number of isothiocyanates is 1. The second-order valence-corrected chi connectivity index (χ2v) is 6.58. The highest BCUT2D eigenvalue weighted by Gasteiger charge is 2.05. The van der Waals surface area contributed by atoms with Crippen molar-refractivity contribution < 1.29 is 0 Å². The number of aryl methyl sites for hydroxylation is 1. The molecule has 0 spiro atoms. The SMILES string of the molecule is Cc1ccc(Nc2ccccc2Sc2ccc(N=C=S)cc2)cc1. The minimum Gasteiger partial charge on any atom is -0.355 e. The maximum Gasteiger partial charge on any atom is 0.0740 e. The summed E-state index contributed by atoms with van der Waals surface area (Å²) in [6, 6.07) is 24.7. The summed E-state index contributed by atoms with van der Waals surface area (Å²) < 4.78 is 0. The van der Waals surface area contributed by atoms with Gasteiger partial charge in [-0.05, 0) is 67.7 Å². The molecule has 0 saturated heterocycles. The molecule has 24 heavy (non-hydrogen) atoms. The Morgan fingerprint density at radius 3 is 2.33 bits per heavy atom. The summed E-state index contributed by atoms with van der Waals surface area (Å²) in [6.45, 7) is 2.09. The fourth-order valence-corrected chi connectivity index (χ4v) is 3.23. The van der Waals surface area contributed by atoms with E-state index in [1.807, 2.05) is 36.4 Å². The Morgan fingerprint density at radius 2 is 1.62 bits per heavy atom. The number of nitrogens with zero attached hydrogens (tertiary/aromatic N) is 1. The van der Waals surface area contributed by atoms with Gasteiger partial charge < -0.3 is 5.32 Å². The molecule has 0 amide bonds. The maximum atomic E-state index is 4.63. The van der Waals surface area contributed by atoms with Gasteiger partial charge in [-0.1, -0.05) is 41.6 Å². The number of anilines is 2. The number of hydrogen-bond donors (Lipinski definition) is 1. The molecule has 118 valence electrons. The van der Waals surface area contributed by atoms with Crippen LogP contribution in [0.25, 0.3) is 0 Å². The Morgan fingerprint density at radius 1 is 0.917 bits per heavy atom. The van der Waals surface area contributed by atoms with Crippen molar-refractivity contribution in [1.82, 2.24) is 0 Å². The van der Waals surface area contributed by atoms with Gasteiger partial charge >= 0.3 is 0 Å². The second-order valence-electron chi connectivity index (χ2n) is 5.29. The van der Waals surface area contributed by atoms with E-state index in [4.69, 9.17) is 0 Å². The van der Waals surface area contributed by atoms with Gasteiger partial charge in [0.15, 0.2) is 0 Å². The Hall–Kier alpha value is -2.39. The predicted molar refractivity (Wildman–Crippen MR) is 106 cm³/mol. The number of para-hydroxylation sites is 1. The smallest absolute Gasteiger partial charge is 0.0740 e. The van der Waals surface area contributed by atoms with E-state index in [0.29, 0.717) is 0 Å². The molecule has 1 N–H and O–H groups in total. The molecular weight excluding hydrogens is 332 g/mol. The molecule has 0 fully saturated rings. The molecule has 0 heterocycles. The molecule has 0 aliphatic heterocycles. The Balaban J connectivity index is 1.80. The molecule has 0 saturated carbocycles. The summed E-state index contributed by atoms with van der Waals surface area (Å²) in [6.07, 6.45) is 0. The predicted octanol–water partition coefficient (Wildman–Crippen LogP) is 6.62. The largest absolute Gasteiger partial charge is 0.355 e. The van der Waals surface area contributed by atoms with Crippen molar-refractivity contribution in [3.05, 3.63) is 78.4 Å². The fraction of sp³-hybridized carbons (Fsp3) is 0.0500. The number of nitrogens with one attached hydrogen (secondary N) is 1. The normalized spacial score (nSPS) is 10.0. The minimum atomic E-state index is 0.820. The summed E-state index contributed by atoms with van der Waals surface area (Å²) in [4.78, 5) is 6.30. The van der Waals surface area contributed by atoms with Gasteiger partial charge in [0.2, 0.25) is 0 Å². The lowest BCUT2D eigenvalue weighted by molar-refractivity contribution is 1.37. The van der Waals surface area contributed by atoms with Crippen LogP contribution in [-0.2, 0) is 0 Å². The molecule has 0 unspecified atom stereocenters. The summed E-state index contributed by atoms with van der Waals surface area (Å²) in [5.74, 6) is 0. The van der Waals surface area contributed by atoms with Gasteiger partial charge in [-0.25, -0.2) is 0 Å². The summed E-state index contributed by atoms with van der Waals surface area (Å²) in [5, 5.41) is 5.87. The Bertz CT molecular complexity index is 865. The van der Waals surface area contributed by atoms with E-state index in [2.05, 4.69) is 71.0 Å². The van der Waals surface area contributed by atoms with E-state index in [-0.39, 0.29) is 0 Å². The van der Waals surface area contributed by atoms with E-state index >= 15 is 0 Å². The zero-order chi connectivity index (χ0) is 16.8. The van der Waals surface area contributed by atoms with Gasteiger partial charge in [0.05, 0.1) is 16.5 Å². The maximum absolute atomic E-state index is 4.63. The van der Waals surface area contributed by atoms with Gasteiger partial charge in [-0.15, -0.1) is 0 Å². The highest BCUT2D eigenvalue weighted by molar-refractivity contribution is 7.99. The second kappa shape index (κ2) is 7.93. The molecule has 3 rings (SSSR count). The molecule has 0 aromatic heterocycles. The lowest BCUT2D eigenvalue weighted by Crippen LogP contribution is -1.92. The standard InChI is InChI=1S/C20H16N2S2/c1-15-6-8-17(9-7-15)22-19-4-2-3-5-20(19)24-18-12-10-16(11-13-18)21-14-23/h2-13,22H,1H3. The van der Waals surface area contributed by atoms with Crippen molar-refractivity contribution in [3.8, 4) is 0 Å². The number of thiocarbonyl (C=S) groups is 1. The van der Waals surface area contributed by atoms with Gasteiger partial charge in [-0.3, -0.25) is 0 Å². The average molecular weight is 348 g/mol. The van der Waals surface area contributed by atoms with Crippen molar-refractivity contribution in [2.45, 2.75) is 16.7 Å². The quantitative estimate of drug-likeness (QED) is 0.414. The first kappa shape index (κ1) is 16.5. The van der Waals surface area contributed by atoms with Crippen LogP contribution in [0.2, 0.25) is 0 Å². The molecule has 2 nitrogen and oxygen atoms in total. The van der Waals surface area contributed by atoms with Gasteiger partial charge in [-0.2, -0.15) is 4.99 Å². The molecule has 3 aromatic rings. The van der Waals surface area contributed by atoms with E-state index in [0.717, 1.165) is 22.0 Å². The molecule has 0 radical (unpaired) electrons. The highest BCUT2D eigenvalue weighted by atomic mass is 32.2. The molecule has 0 aliphatic rings. The van der Waals surface area contributed by atoms with Gasteiger partial charge in [0, 0.05) is 15.5 Å². The third-order valence-electron chi connectivity index (χ3n) is 3.46. The van der Waals surface area contributed by atoms with Crippen molar-refractivity contribution in [2.75, 3.05) is 5.32 Å². The van der Waals surface area contributed by atoms with Crippen LogP contribution in [0.3, 0.4) is 0 Å². The molecule has 0 atom stereocenters. The summed E-state index contributed by atoms with van der Waals surface area (Å²) in [5.41, 5.74) is 4.24. The third-order valence-corrected chi connectivity index (χ3v) is 4.63. The van der Waals surface area contributed by atoms with Crippen LogP contribution < -0.4 is 5.32 Å². The van der Waals surface area contributed by atoms with Crippen LogP contribution in [0.1, 0.15) is 5.56 Å². The van der Waals surface area contributed by atoms with Crippen molar-refractivity contribution >= 4 is 46.2 Å². The first-order valence-corrected chi connectivity index (χ1v) is 8.75. The fourth-order valence-electron chi connectivity index (χ4n) is 2.22. The van der Waals surface area contributed by atoms with Crippen LogP contribution in [-0.4, -0.2) is 5.16 Å². The van der Waals surface area contributed by atoms with Crippen LogP contribution in [0.4, 0.5) is 17.1 Å². The summed E-state index contributed by atoms with van der Waals surface area (Å²) in [7, 11) is 0. The highest BCUT2D eigenvalue weighted by Crippen LogP contribution is 2.35. The van der Waals surface area contributed by atoms with Crippen molar-refractivity contribution in [2.24, 2.45) is 4.99 Å². The number of rotatable bonds is 5. The third kappa shape index (κ3) is 4.33. The monoisotopic (exact) mass is 348 g/mol. The van der Waals surface area contributed by atoms with Gasteiger partial charge in [0.1, 0.15) is 0 Å². The van der Waals surface area contributed by atoms with Crippen molar-refractivity contribution in [1.29, 1.82) is 0 Å². The van der Waals surface area contributed by atoms with E-state index < -0.39 is 0 Å². The number of benzene rings is 3. The van der Waals surface area contributed by atoms with Crippen LogP contribution in [0.5, 0.6) is 0 Å². The van der Waals surface area contributed by atoms with Crippen LogP contribution in [0.15, 0.2) is 87.6 Å². The average Bonchev–Trinajstić information content (AvgIpc) is 2.61. The molecular formula is C20H16N2S2. The first-order valence-electron chi connectivity index (χ1n) is 7.53. The lowest BCUT2D eigenvalue weighted by Gasteiger charge is -2.12. The zero-order valence-corrected chi connectivity index (χ0v) is 14.8. The minimum absolute atomic E-state index is 0.820. The van der Waals surface area contributed by atoms with Crippen molar-refractivity contribution in [3.63, 3.8) is 0 Å². The van der Waals surface area contributed by atoms with E-state index in [1.54, 1.807) is 11.8 Å². The Kier molecular flexibility index (Phi) is 5.44. The molecule has 0 aliphatic carbocycles. The molecule has 4 heteroatoms. The molecule has 0 bridgehead atoms. The first-order chi connectivity index (χ1) is 11.7. The number of hydrogen-bond acceptors (Lipinski definition) is 4. The summed E-state index contributed by atoms with van der Waals surface area (Å²) >= 11 is 6.34. The molecule has 3 aromatic carbocycles.